The van der Waals surface area contributed by atoms with E-state index in [2.05, 4.69) is 20.9 Å². The van der Waals surface area contributed by atoms with Crippen molar-refractivity contribution in [3.63, 3.8) is 0 Å². The first kappa shape index (κ1) is 12.8. The average molecular weight is 328 g/mol. The summed E-state index contributed by atoms with van der Waals surface area (Å²) in [5.74, 6) is -0.0369. The van der Waals surface area contributed by atoms with Gasteiger partial charge in [0.15, 0.2) is 0 Å². The van der Waals surface area contributed by atoms with Gasteiger partial charge >= 0.3 is 0 Å². The molecular formula is C12H5BrClFN2O. The second-order valence-corrected chi connectivity index (χ2v) is 4.55. The monoisotopic (exact) mass is 326 g/mol. The van der Waals surface area contributed by atoms with Crippen molar-refractivity contribution in [3.05, 3.63) is 51.3 Å². The van der Waals surface area contributed by atoms with Crippen molar-refractivity contribution in [1.29, 1.82) is 5.26 Å². The van der Waals surface area contributed by atoms with Gasteiger partial charge in [0.25, 0.3) is 0 Å². The molecule has 0 radical (unpaired) electrons. The molecule has 0 bridgehead atoms. The van der Waals surface area contributed by atoms with Crippen LogP contribution in [0, 0.1) is 17.1 Å². The Morgan fingerprint density at radius 1 is 1.33 bits per heavy atom. The van der Waals surface area contributed by atoms with Gasteiger partial charge in [-0.05, 0) is 34.1 Å². The number of benzene rings is 1. The van der Waals surface area contributed by atoms with Crippen molar-refractivity contribution in [3.8, 4) is 17.7 Å². The Balaban J connectivity index is 2.31. The van der Waals surface area contributed by atoms with Crippen LogP contribution in [0.15, 0.2) is 34.8 Å². The Morgan fingerprint density at radius 2 is 2.11 bits per heavy atom. The van der Waals surface area contributed by atoms with E-state index in [4.69, 9.17) is 21.6 Å². The predicted molar refractivity (Wildman–Crippen MR) is 68.1 cm³/mol. The Hall–Kier alpha value is -1.64. The molecule has 1 aromatic carbocycles. The van der Waals surface area contributed by atoms with Crippen molar-refractivity contribution in [2.24, 2.45) is 0 Å². The van der Waals surface area contributed by atoms with E-state index in [1.165, 1.54) is 24.3 Å². The highest BCUT2D eigenvalue weighted by Crippen LogP contribution is 2.26. The molecule has 18 heavy (non-hydrogen) atoms. The summed E-state index contributed by atoms with van der Waals surface area (Å²) >= 11 is 8.77. The summed E-state index contributed by atoms with van der Waals surface area (Å²) in [6.45, 7) is 0. The molecule has 0 fully saturated rings. The fourth-order valence-electron chi connectivity index (χ4n) is 1.25. The Bertz CT molecular complexity index is 642. The number of aromatic nitrogens is 1. The van der Waals surface area contributed by atoms with Crippen LogP contribution < -0.4 is 4.74 Å². The lowest BCUT2D eigenvalue weighted by molar-refractivity contribution is 0.457. The maximum absolute atomic E-state index is 13.3. The third kappa shape index (κ3) is 2.97. The van der Waals surface area contributed by atoms with Crippen LogP contribution >= 0.6 is 27.5 Å². The summed E-state index contributed by atoms with van der Waals surface area (Å²) < 4.78 is 19.0. The minimum Gasteiger partial charge on any atom is -0.439 e. The minimum atomic E-state index is -0.449. The number of hydrogen-bond acceptors (Lipinski definition) is 3. The molecule has 90 valence electrons. The SMILES string of the molecule is N#Cc1cc(Cl)nc(Oc2ccc(Br)c(F)c2)c1. The second kappa shape index (κ2) is 5.34. The minimum absolute atomic E-state index is 0.140. The Kier molecular flexibility index (Phi) is 3.80. The molecule has 6 heteroatoms. The van der Waals surface area contributed by atoms with Crippen LogP contribution in [0.2, 0.25) is 5.15 Å². The van der Waals surface area contributed by atoms with E-state index in [-0.39, 0.29) is 16.8 Å². The molecule has 0 saturated heterocycles. The first-order valence-electron chi connectivity index (χ1n) is 4.79. The highest BCUT2D eigenvalue weighted by Gasteiger charge is 2.06. The smallest absolute Gasteiger partial charge is 0.221 e. The van der Waals surface area contributed by atoms with Gasteiger partial charge in [0.2, 0.25) is 5.88 Å². The molecule has 2 aromatic rings. The lowest BCUT2D eigenvalue weighted by Crippen LogP contribution is -1.90. The van der Waals surface area contributed by atoms with E-state index in [1.54, 1.807) is 6.07 Å². The van der Waals surface area contributed by atoms with Crippen LogP contribution in [-0.4, -0.2) is 4.98 Å². The predicted octanol–water partition coefficient (Wildman–Crippen LogP) is 4.30. The van der Waals surface area contributed by atoms with Crippen LogP contribution in [0.1, 0.15) is 5.56 Å². The van der Waals surface area contributed by atoms with Gasteiger partial charge in [-0.15, -0.1) is 0 Å². The van der Waals surface area contributed by atoms with E-state index in [1.807, 2.05) is 6.07 Å². The molecule has 0 unspecified atom stereocenters. The van der Waals surface area contributed by atoms with E-state index in [0.29, 0.717) is 10.0 Å². The first-order chi connectivity index (χ1) is 8.58. The van der Waals surface area contributed by atoms with Gasteiger partial charge in [-0.1, -0.05) is 11.6 Å². The largest absolute Gasteiger partial charge is 0.439 e. The summed E-state index contributed by atoms with van der Waals surface area (Å²) in [6.07, 6.45) is 0. The molecule has 0 aliphatic rings. The average Bonchev–Trinajstić information content (AvgIpc) is 2.33. The van der Waals surface area contributed by atoms with E-state index < -0.39 is 5.82 Å². The van der Waals surface area contributed by atoms with E-state index >= 15 is 0 Å². The Labute approximate surface area is 116 Å². The fourth-order valence-corrected chi connectivity index (χ4v) is 1.70. The summed E-state index contributed by atoms with van der Waals surface area (Å²) in [5, 5.41) is 8.92. The van der Waals surface area contributed by atoms with E-state index in [0.717, 1.165) is 0 Å². The summed E-state index contributed by atoms with van der Waals surface area (Å²) in [5.41, 5.74) is 0.322. The standard InChI is InChI=1S/C12H5BrClFN2O/c13-9-2-1-8(5-10(9)15)18-12-4-7(6-16)3-11(14)17-12/h1-5H. The number of pyridine rings is 1. The van der Waals surface area contributed by atoms with Gasteiger partial charge in [-0.3, -0.25) is 0 Å². The van der Waals surface area contributed by atoms with Crippen molar-refractivity contribution in [1.82, 2.24) is 4.98 Å². The number of ether oxygens (including phenoxy) is 1. The molecule has 1 heterocycles. The molecule has 0 aliphatic heterocycles. The number of hydrogen-bond donors (Lipinski definition) is 0. The summed E-state index contributed by atoms with van der Waals surface area (Å²) in [6, 6.07) is 9.06. The molecule has 0 atom stereocenters. The summed E-state index contributed by atoms with van der Waals surface area (Å²) in [4.78, 5) is 3.89. The topological polar surface area (TPSA) is 45.9 Å². The van der Waals surface area contributed by atoms with Crippen molar-refractivity contribution in [2.75, 3.05) is 0 Å². The van der Waals surface area contributed by atoms with Gasteiger partial charge in [-0.2, -0.15) is 5.26 Å². The van der Waals surface area contributed by atoms with Crippen molar-refractivity contribution < 1.29 is 9.13 Å². The zero-order valence-electron chi connectivity index (χ0n) is 8.82. The van der Waals surface area contributed by atoms with Gasteiger partial charge < -0.3 is 4.74 Å². The zero-order chi connectivity index (χ0) is 13.1. The lowest BCUT2D eigenvalue weighted by atomic mass is 10.3. The zero-order valence-corrected chi connectivity index (χ0v) is 11.2. The molecule has 0 aliphatic carbocycles. The molecule has 0 spiro atoms. The molecule has 0 amide bonds. The normalized spacial score (nSPS) is 9.89. The second-order valence-electron chi connectivity index (χ2n) is 3.31. The fraction of sp³-hybridized carbons (Fsp3) is 0. The number of nitriles is 1. The lowest BCUT2D eigenvalue weighted by Gasteiger charge is -2.06. The first-order valence-corrected chi connectivity index (χ1v) is 5.96. The van der Waals surface area contributed by atoms with Crippen LogP contribution in [0.3, 0.4) is 0 Å². The van der Waals surface area contributed by atoms with Gasteiger partial charge in [0, 0.05) is 12.1 Å². The van der Waals surface area contributed by atoms with Crippen LogP contribution in [0.5, 0.6) is 11.6 Å². The maximum atomic E-state index is 13.3. The van der Waals surface area contributed by atoms with Gasteiger partial charge in [-0.25, -0.2) is 9.37 Å². The van der Waals surface area contributed by atoms with Crippen molar-refractivity contribution in [2.45, 2.75) is 0 Å². The molecule has 0 N–H and O–H groups in total. The van der Waals surface area contributed by atoms with Crippen LogP contribution in [0.4, 0.5) is 4.39 Å². The molecule has 2 rings (SSSR count). The molecular weight excluding hydrogens is 322 g/mol. The number of rotatable bonds is 2. The third-order valence-corrected chi connectivity index (χ3v) is 2.85. The Morgan fingerprint density at radius 3 is 2.78 bits per heavy atom. The highest BCUT2D eigenvalue weighted by atomic mass is 79.9. The van der Waals surface area contributed by atoms with Crippen LogP contribution in [0.25, 0.3) is 0 Å². The number of halogens is 3. The maximum Gasteiger partial charge on any atom is 0.221 e. The molecule has 3 nitrogen and oxygen atoms in total. The quantitative estimate of drug-likeness (QED) is 0.773. The highest BCUT2D eigenvalue weighted by molar-refractivity contribution is 9.10. The molecule has 1 aromatic heterocycles. The van der Waals surface area contributed by atoms with Gasteiger partial charge in [0.05, 0.1) is 16.1 Å². The summed E-state index contributed by atoms with van der Waals surface area (Å²) in [7, 11) is 0. The van der Waals surface area contributed by atoms with E-state index in [9.17, 15) is 4.39 Å². The number of nitrogens with zero attached hydrogens (tertiary/aromatic N) is 2. The van der Waals surface area contributed by atoms with Gasteiger partial charge in [0.1, 0.15) is 16.7 Å². The third-order valence-electron chi connectivity index (χ3n) is 2.01. The van der Waals surface area contributed by atoms with Crippen LogP contribution in [-0.2, 0) is 0 Å². The molecule has 0 saturated carbocycles. The van der Waals surface area contributed by atoms with Crippen molar-refractivity contribution >= 4 is 27.5 Å².